The van der Waals surface area contributed by atoms with E-state index in [1.807, 2.05) is 6.08 Å². The first-order valence-electron chi connectivity index (χ1n) is 7.31. The Morgan fingerprint density at radius 2 is 2.15 bits per heavy atom. The third-order valence-corrected chi connectivity index (χ3v) is 3.94. The lowest BCUT2D eigenvalue weighted by atomic mass is 10.0. The Labute approximate surface area is 120 Å². The zero-order chi connectivity index (χ0) is 14.1. The Hall–Kier alpha value is -2.03. The summed E-state index contributed by atoms with van der Waals surface area (Å²) in [5.74, 6) is 2.48. The third kappa shape index (κ3) is 2.13. The van der Waals surface area contributed by atoms with Gasteiger partial charge < -0.3 is 10.3 Å². The van der Waals surface area contributed by atoms with E-state index in [0.717, 1.165) is 35.9 Å². The second kappa shape index (κ2) is 5.16. The molecule has 0 spiro atoms. The maximum atomic E-state index is 6.36. The van der Waals surface area contributed by atoms with Crippen molar-refractivity contribution in [3.63, 3.8) is 0 Å². The summed E-state index contributed by atoms with van der Waals surface area (Å²) >= 11 is 0. The van der Waals surface area contributed by atoms with E-state index in [0.29, 0.717) is 5.92 Å². The topological polar surface area (TPSA) is 43.8 Å². The molecule has 1 aliphatic carbocycles. The molecule has 3 nitrogen and oxygen atoms in total. The Balaban J connectivity index is 2.14. The first kappa shape index (κ1) is 13.0. The van der Waals surface area contributed by atoms with Crippen molar-refractivity contribution in [2.75, 3.05) is 5.73 Å². The number of imidazole rings is 1. The van der Waals surface area contributed by atoms with E-state index in [1.54, 1.807) is 0 Å². The summed E-state index contributed by atoms with van der Waals surface area (Å²) < 4.78 is 2.12. The highest BCUT2D eigenvalue weighted by Gasteiger charge is 2.30. The normalized spacial score (nSPS) is 14.4. The number of nitrogens with two attached hydrogens (primary N) is 1. The molecule has 0 amide bonds. The SMILES string of the molecule is C=CCn1c(C2CC2)nc(-c2ccccc2CC)c1N. The van der Waals surface area contributed by atoms with E-state index in [4.69, 9.17) is 10.7 Å². The maximum Gasteiger partial charge on any atom is 0.132 e. The molecule has 1 fully saturated rings. The summed E-state index contributed by atoms with van der Waals surface area (Å²) in [6.07, 6.45) is 5.33. The van der Waals surface area contributed by atoms with Gasteiger partial charge in [0.15, 0.2) is 0 Å². The number of nitrogens with zero attached hydrogens (tertiary/aromatic N) is 2. The van der Waals surface area contributed by atoms with Gasteiger partial charge in [0.2, 0.25) is 0 Å². The van der Waals surface area contributed by atoms with E-state index in [-0.39, 0.29) is 0 Å². The Morgan fingerprint density at radius 1 is 1.40 bits per heavy atom. The van der Waals surface area contributed by atoms with Crippen LogP contribution in [0.5, 0.6) is 0 Å². The van der Waals surface area contributed by atoms with Gasteiger partial charge in [0.25, 0.3) is 0 Å². The number of aryl methyl sites for hydroxylation is 1. The number of benzene rings is 1. The quantitative estimate of drug-likeness (QED) is 0.838. The molecule has 1 aromatic carbocycles. The van der Waals surface area contributed by atoms with Gasteiger partial charge >= 0.3 is 0 Å². The second-order valence-corrected chi connectivity index (χ2v) is 5.39. The van der Waals surface area contributed by atoms with Crippen LogP contribution in [-0.2, 0) is 13.0 Å². The molecule has 0 unspecified atom stereocenters. The molecule has 2 N–H and O–H groups in total. The largest absolute Gasteiger partial charge is 0.383 e. The highest BCUT2D eigenvalue weighted by atomic mass is 15.1. The highest BCUT2D eigenvalue weighted by Crippen LogP contribution is 2.42. The van der Waals surface area contributed by atoms with Crippen molar-refractivity contribution in [3.8, 4) is 11.3 Å². The predicted molar refractivity (Wildman–Crippen MR) is 83.6 cm³/mol. The van der Waals surface area contributed by atoms with Gasteiger partial charge in [-0.3, -0.25) is 0 Å². The van der Waals surface area contributed by atoms with Crippen molar-refractivity contribution < 1.29 is 0 Å². The standard InChI is InChI=1S/C17H21N3/c1-3-11-20-16(18)15(19-17(20)13-9-10-13)14-8-6-5-7-12(14)4-2/h3,5-8,13H,1,4,9-11,18H2,2H3. The van der Waals surface area contributed by atoms with E-state index in [2.05, 4.69) is 42.3 Å². The van der Waals surface area contributed by atoms with Crippen molar-refractivity contribution in [1.29, 1.82) is 0 Å². The number of allylic oxidation sites excluding steroid dienone is 1. The van der Waals surface area contributed by atoms with Crippen LogP contribution in [0.4, 0.5) is 5.82 Å². The van der Waals surface area contributed by atoms with Gasteiger partial charge in [0.05, 0.1) is 0 Å². The molecule has 2 aromatic rings. The fourth-order valence-electron chi connectivity index (χ4n) is 2.72. The van der Waals surface area contributed by atoms with Crippen molar-refractivity contribution in [1.82, 2.24) is 9.55 Å². The van der Waals surface area contributed by atoms with Crippen molar-refractivity contribution in [2.24, 2.45) is 0 Å². The smallest absolute Gasteiger partial charge is 0.132 e. The summed E-state index contributed by atoms with van der Waals surface area (Å²) in [5.41, 5.74) is 9.76. The number of hydrogen-bond donors (Lipinski definition) is 1. The average molecular weight is 267 g/mol. The minimum absolute atomic E-state index is 0.583. The lowest BCUT2D eigenvalue weighted by Gasteiger charge is -2.07. The molecule has 1 aromatic heterocycles. The number of aromatic nitrogens is 2. The van der Waals surface area contributed by atoms with Gasteiger partial charge in [-0.2, -0.15) is 0 Å². The molecule has 0 radical (unpaired) electrons. The van der Waals surface area contributed by atoms with Crippen molar-refractivity contribution >= 4 is 5.82 Å². The molecule has 1 aliphatic rings. The predicted octanol–water partition coefficient (Wildman–Crippen LogP) is 3.76. The van der Waals surface area contributed by atoms with Gasteiger partial charge in [-0.25, -0.2) is 4.98 Å². The molecular weight excluding hydrogens is 246 g/mol. The fraction of sp³-hybridized carbons (Fsp3) is 0.353. The average Bonchev–Trinajstić information content (AvgIpc) is 3.26. The lowest BCUT2D eigenvalue weighted by Crippen LogP contribution is -2.05. The molecule has 3 heteroatoms. The molecule has 0 saturated heterocycles. The van der Waals surface area contributed by atoms with Gasteiger partial charge in [-0.05, 0) is 24.8 Å². The zero-order valence-electron chi connectivity index (χ0n) is 12.0. The summed E-state index contributed by atoms with van der Waals surface area (Å²) in [5, 5.41) is 0. The van der Waals surface area contributed by atoms with E-state index in [1.165, 1.54) is 18.4 Å². The Kier molecular flexibility index (Phi) is 3.35. The Bertz CT molecular complexity index is 636. The summed E-state index contributed by atoms with van der Waals surface area (Å²) in [4.78, 5) is 4.86. The van der Waals surface area contributed by atoms with Crippen LogP contribution in [0.2, 0.25) is 0 Å². The molecule has 0 atom stereocenters. The molecule has 0 bridgehead atoms. The number of nitrogen functional groups attached to an aromatic ring is 1. The molecule has 104 valence electrons. The van der Waals surface area contributed by atoms with Crippen LogP contribution < -0.4 is 5.73 Å². The highest BCUT2D eigenvalue weighted by molar-refractivity contribution is 5.74. The van der Waals surface area contributed by atoms with Crippen LogP contribution in [0.25, 0.3) is 11.3 Å². The van der Waals surface area contributed by atoms with Crippen molar-refractivity contribution in [3.05, 3.63) is 48.3 Å². The van der Waals surface area contributed by atoms with Crippen LogP contribution in [0.1, 0.15) is 37.1 Å². The van der Waals surface area contributed by atoms with Gasteiger partial charge in [0, 0.05) is 18.0 Å². The van der Waals surface area contributed by atoms with E-state index in [9.17, 15) is 0 Å². The number of anilines is 1. The first-order valence-corrected chi connectivity index (χ1v) is 7.31. The minimum atomic E-state index is 0.583. The van der Waals surface area contributed by atoms with Crippen LogP contribution in [-0.4, -0.2) is 9.55 Å². The molecule has 0 aliphatic heterocycles. The number of rotatable bonds is 5. The molecular formula is C17H21N3. The summed E-state index contributed by atoms with van der Waals surface area (Å²) in [6, 6.07) is 8.39. The van der Waals surface area contributed by atoms with Gasteiger partial charge in [-0.1, -0.05) is 37.3 Å². The molecule has 3 rings (SSSR count). The van der Waals surface area contributed by atoms with Crippen molar-refractivity contribution in [2.45, 2.75) is 38.6 Å². The first-order chi connectivity index (χ1) is 9.76. The van der Waals surface area contributed by atoms with Crippen LogP contribution in [0, 0.1) is 0 Å². The van der Waals surface area contributed by atoms with E-state index >= 15 is 0 Å². The minimum Gasteiger partial charge on any atom is -0.383 e. The Morgan fingerprint density at radius 3 is 2.80 bits per heavy atom. The lowest BCUT2D eigenvalue weighted by molar-refractivity contribution is 0.750. The fourth-order valence-corrected chi connectivity index (χ4v) is 2.72. The van der Waals surface area contributed by atoms with E-state index < -0.39 is 0 Å². The summed E-state index contributed by atoms with van der Waals surface area (Å²) in [7, 11) is 0. The van der Waals surface area contributed by atoms with Gasteiger partial charge in [0.1, 0.15) is 17.3 Å². The monoisotopic (exact) mass is 267 g/mol. The second-order valence-electron chi connectivity index (χ2n) is 5.39. The van der Waals surface area contributed by atoms with Crippen LogP contribution >= 0.6 is 0 Å². The maximum absolute atomic E-state index is 6.36. The summed E-state index contributed by atoms with van der Waals surface area (Å²) in [6.45, 7) is 6.73. The third-order valence-electron chi connectivity index (χ3n) is 3.94. The molecule has 1 heterocycles. The van der Waals surface area contributed by atoms with Crippen LogP contribution in [0.15, 0.2) is 36.9 Å². The van der Waals surface area contributed by atoms with Gasteiger partial charge in [-0.15, -0.1) is 6.58 Å². The number of hydrogen-bond acceptors (Lipinski definition) is 2. The van der Waals surface area contributed by atoms with Crippen LogP contribution in [0.3, 0.4) is 0 Å². The zero-order valence-corrected chi connectivity index (χ0v) is 12.0. The molecule has 20 heavy (non-hydrogen) atoms. The molecule has 1 saturated carbocycles.